The van der Waals surface area contributed by atoms with Crippen molar-refractivity contribution in [3.63, 3.8) is 0 Å². The van der Waals surface area contributed by atoms with Crippen molar-refractivity contribution in [2.24, 2.45) is 0 Å². The second-order valence-corrected chi connectivity index (χ2v) is 2.80. The van der Waals surface area contributed by atoms with Gasteiger partial charge in [-0.2, -0.15) is 0 Å². The maximum Gasteiger partial charge on any atom is 0.152 e. The summed E-state index contributed by atoms with van der Waals surface area (Å²) in [7, 11) is 0. The van der Waals surface area contributed by atoms with Crippen molar-refractivity contribution in [1.82, 2.24) is 0 Å². The molecule has 0 radical (unpaired) electrons. The fourth-order valence-electron chi connectivity index (χ4n) is 0.981. The molecule has 0 fully saturated rings. The van der Waals surface area contributed by atoms with Crippen LogP contribution in [0.1, 0.15) is 18.1 Å². The van der Waals surface area contributed by atoms with Crippen LogP contribution in [0.25, 0.3) is 6.08 Å². The second kappa shape index (κ2) is 3.86. The molecule has 0 aromatic heterocycles. The summed E-state index contributed by atoms with van der Waals surface area (Å²) in [6.07, 6.45) is 3.43. The minimum atomic E-state index is 0.0817. The van der Waals surface area contributed by atoms with Gasteiger partial charge in [-0.25, -0.2) is 0 Å². The Kier molecular flexibility index (Phi) is 2.81. The summed E-state index contributed by atoms with van der Waals surface area (Å²) < 4.78 is 0. The highest BCUT2D eigenvalue weighted by Gasteiger charge is 1.90. The van der Waals surface area contributed by atoms with Gasteiger partial charge in [0.25, 0.3) is 0 Å². The molecule has 1 heteroatoms. The lowest BCUT2D eigenvalue weighted by Crippen LogP contribution is -1.82. The molecule has 0 unspecified atom stereocenters. The average Bonchev–Trinajstić information content (AvgIpc) is 2.03. The normalized spacial score (nSPS) is 10.5. The molecular formula is C11H12O. The zero-order chi connectivity index (χ0) is 8.97. The number of hydrogen-bond donors (Lipinski definition) is 0. The number of hydrogen-bond acceptors (Lipinski definition) is 1. The van der Waals surface area contributed by atoms with Gasteiger partial charge in [0, 0.05) is 0 Å². The number of carbonyl (C=O) groups is 1. The Morgan fingerprint density at radius 3 is 2.58 bits per heavy atom. The largest absolute Gasteiger partial charge is 0.295 e. The fraction of sp³-hybridized carbons (Fsp3) is 0.182. The summed E-state index contributed by atoms with van der Waals surface area (Å²) in [6, 6.07) is 7.97. The third-order valence-corrected chi connectivity index (χ3v) is 1.69. The van der Waals surface area contributed by atoms with Gasteiger partial charge in [0.05, 0.1) is 0 Å². The van der Waals surface area contributed by atoms with Gasteiger partial charge in [0.15, 0.2) is 5.78 Å². The predicted molar refractivity (Wildman–Crippen MR) is 50.9 cm³/mol. The van der Waals surface area contributed by atoms with Crippen molar-refractivity contribution in [3.05, 3.63) is 41.5 Å². The smallest absolute Gasteiger partial charge is 0.152 e. The first kappa shape index (κ1) is 8.72. The van der Waals surface area contributed by atoms with Crippen molar-refractivity contribution in [3.8, 4) is 0 Å². The van der Waals surface area contributed by atoms with E-state index < -0.39 is 0 Å². The minimum absolute atomic E-state index is 0.0817. The first-order chi connectivity index (χ1) is 5.70. The van der Waals surface area contributed by atoms with Gasteiger partial charge in [-0.15, -0.1) is 0 Å². The second-order valence-electron chi connectivity index (χ2n) is 2.80. The van der Waals surface area contributed by atoms with E-state index in [1.807, 2.05) is 37.3 Å². The highest BCUT2D eigenvalue weighted by Crippen LogP contribution is 2.08. The van der Waals surface area contributed by atoms with E-state index in [4.69, 9.17) is 0 Å². The van der Waals surface area contributed by atoms with Gasteiger partial charge in [0.1, 0.15) is 0 Å². The van der Waals surface area contributed by atoms with Gasteiger partial charge in [-0.05, 0) is 31.1 Å². The molecule has 1 nitrogen and oxygen atoms in total. The molecule has 0 amide bonds. The summed E-state index contributed by atoms with van der Waals surface area (Å²) in [5, 5.41) is 0. The van der Waals surface area contributed by atoms with Crippen LogP contribution in [-0.2, 0) is 4.79 Å². The molecule has 62 valence electrons. The minimum Gasteiger partial charge on any atom is -0.295 e. The molecule has 0 saturated carbocycles. The molecule has 1 aromatic carbocycles. The highest BCUT2D eigenvalue weighted by molar-refractivity contribution is 5.91. The molecule has 0 spiro atoms. The third kappa shape index (κ3) is 2.35. The molecular weight excluding hydrogens is 148 g/mol. The number of allylic oxidation sites excluding steroid dienone is 1. The quantitative estimate of drug-likeness (QED) is 0.608. The zero-order valence-electron chi connectivity index (χ0n) is 7.37. The van der Waals surface area contributed by atoms with E-state index in [9.17, 15) is 4.79 Å². The highest BCUT2D eigenvalue weighted by atomic mass is 16.1. The Hall–Kier alpha value is -1.37. The van der Waals surface area contributed by atoms with Crippen LogP contribution in [0, 0.1) is 6.92 Å². The Morgan fingerprint density at radius 2 is 2.00 bits per heavy atom. The van der Waals surface area contributed by atoms with Crippen LogP contribution < -0.4 is 0 Å². The van der Waals surface area contributed by atoms with Crippen LogP contribution in [0.2, 0.25) is 0 Å². The van der Waals surface area contributed by atoms with Gasteiger partial charge >= 0.3 is 0 Å². The van der Waals surface area contributed by atoms with Crippen molar-refractivity contribution in [1.29, 1.82) is 0 Å². The first-order valence-electron chi connectivity index (χ1n) is 3.94. The molecule has 0 atom stereocenters. The lowest BCUT2D eigenvalue weighted by molar-refractivity contribution is -0.112. The van der Waals surface area contributed by atoms with E-state index in [-0.39, 0.29) is 5.78 Å². The molecule has 0 saturated heterocycles. The lowest BCUT2D eigenvalue weighted by Gasteiger charge is -1.96. The molecule has 12 heavy (non-hydrogen) atoms. The van der Waals surface area contributed by atoms with E-state index in [0.717, 1.165) is 5.56 Å². The van der Waals surface area contributed by atoms with Gasteiger partial charge in [0.2, 0.25) is 0 Å². The molecule has 0 aliphatic carbocycles. The maximum atomic E-state index is 10.6. The number of ketones is 1. The van der Waals surface area contributed by atoms with Crippen molar-refractivity contribution >= 4 is 11.9 Å². The monoisotopic (exact) mass is 160 g/mol. The average molecular weight is 160 g/mol. The zero-order valence-corrected chi connectivity index (χ0v) is 7.37. The van der Waals surface area contributed by atoms with E-state index in [1.165, 1.54) is 5.56 Å². The summed E-state index contributed by atoms with van der Waals surface area (Å²) in [5.74, 6) is 0.0817. The fourth-order valence-corrected chi connectivity index (χ4v) is 0.981. The summed E-state index contributed by atoms with van der Waals surface area (Å²) >= 11 is 0. The number of carbonyl (C=O) groups excluding carboxylic acids is 1. The van der Waals surface area contributed by atoms with E-state index in [1.54, 1.807) is 13.0 Å². The summed E-state index contributed by atoms with van der Waals surface area (Å²) in [5.41, 5.74) is 2.29. The predicted octanol–water partition coefficient (Wildman–Crippen LogP) is 2.60. The maximum absolute atomic E-state index is 10.6. The van der Waals surface area contributed by atoms with E-state index in [2.05, 4.69) is 0 Å². The van der Waals surface area contributed by atoms with Crippen LogP contribution in [-0.4, -0.2) is 5.78 Å². The molecule has 0 heterocycles. The van der Waals surface area contributed by atoms with Crippen LogP contribution >= 0.6 is 0 Å². The van der Waals surface area contributed by atoms with Crippen molar-refractivity contribution in [2.75, 3.05) is 0 Å². The molecule has 0 aliphatic heterocycles. The SMILES string of the molecule is CC(=O)/C=C\c1ccccc1C. The Morgan fingerprint density at radius 1 is 1.33 bits per heavy atom. The van der Waals surface area contributed by atoms with Crippen LogP contribution in [0.4, 0.5) is 0 Å². The van der Waals surface area contributed by atoms with Crippen molar-refractivity contribution in [2.45, 2.75) is 13.8 Å². The van der Waals surface area contributed by atoms with E-state index >= 15 is 0 Å². The summed E-state index contributed by atoms with van der Waals surface area (Å²) in [4.78, 5) is 10.6. The summed E-state index contributed by atoms with van der Waals surface area (Å²) in [6.45, 7) is 3.58. The molecule has 1 rings (SSSR count). The van der Waals surface area contributed by atoms with Gasteiger partial charge in [-0.1, -0.05) is 30.3 Å². The third-order valence-electron chi connectivity index (χ3n) is 1.69. The Labute approximate surface area is 72.7 Å². The topological polar surface area (TPSA) is 17.1 Å². The first-order valence-corrected chi connectivity index (χ1v) is 3.94. The molecule has 0 aliphatic rings. The standard InChI is InChI=1S/C11H12O/c1-9-5-3-4-6-11(9)8-7-10(2)12/h3-8H,1-2H3/b8-7-. The Bertz CT molecular complexity index is 311. The Balaban J connectivity index is 2.89. The number of rotatable bonds is 2. The number of benzene rings is 1. The van der Waals surface area contributed by atoms with E-state index in [0.29, 0.717) is 0 Å². The van der Waals surface area contributed by atoms with Gasteiger partial charge < -0.3 is 0 Å². The molecule has 0 N–H and O–H groups in total. The van der Waals surface area contributed by atoms with Crippen LogP contribution in [0.15, 0.2) is 30.3 Å². The lowest BCUT2D eigenvalue weighted by atomic mass is 10.1. The van der Waals surface area contributed by atoms with Crippen LogP contribution in [0.5, 0.6) is 0 Å². The van der Waals surface area contributed by atoms with Gasteiger partial charge in [-0.3, -0.25) is 4.79 Å². The van der Waals surface area contributed by atoms with Crippen molar-refractivity contribution < 1.29 is 4.79 Å². The molecule has 1 aromatic rings. The number of aryl methyl sites for hydroxylation is 1. The van der Waals surface area contributed by atoms with Crippen LogP contribution in [0.3, 0.4) is 0 Å². The molecule has 0 bridgehead atoms.